The van der Waals surface area contributed by atoms with Crippen molar-refractivity contribution >= 4 is 17.9 Å². The Morgan fingerprint density at radius 2 is 1.85 bits per heavy atom. The molecule has 1 atom stereocenters. The summed E-state index contributed by atoms with van der Waals surface area (Å²) in [7, 11) is 1.20. The van der Waals surface area contributed by atoms with E-state index in [0.717, 1.165) is 0 Å². The highest BCUT2D eigenvalue weighted by Gasteiger charge is 2.48. The monoisotopic (exact) mass is 282 g/mol. The summed E-state index contributed by atoms with van der Waals surface area (Å²) in [5.41, 5.74) is -0.00999. The van der Waals surface area contributed by atoms with Gasteiger partial charge < -0.3 is 14.2 Å². The first-order chi connectivity index (χ1) is 9.23. The Bertz CT molecular complexity index is 454. The Hall–Kier alpha value is -2.11. The second kappa shape index (κ2) is 5.90. The Labute approximate surface area is 117 Å². The molecule has 110 valence electrons. The van der Waals surface area contributed by atoms with Gasteiger partial charge in [0.25, 0.3) is 5.79 Å². The number of carbonyl (C=O) groups is 3. The van der Waals surface area contributed by atoms with Gasteiger partial charge >= 0.3 is 17.9 Å². The number of hydrogen-bond acceptors (Lipinski definition) is 6. The van der Waals surface area contributed by atoms with Gasteiger partial charge in [-0.1, -0.05) is 18.7 Å². The minimum absolute atomic E-state index is 0.00999. The van der Waals surface area contributed by atoms with E-state index in [1.54, 1.807) is 13.0 Å². The number of allylic oxidation sites excluding steroid dienone is 2. The Morgan fingerprint density at radius 3 is 2.25 bits per heavy atom. The third-order valence-electron chi connectivity index (χ3n) is 2.81. The van der Waals surface area contributed by atoms with Gasteiger partial charge in [0.1, 0.15) is 0 Å². The average molecular weight is 282 g/mol. The molecule has 20 heavy (non-hydrogen) atoms. The zero-order valence-corrected chi connectivity index (χ0v) is 12.0. The van der Waals surface area contributed by atoms with Crippen molar-refractivity contribution in [3.05, 3.63) is 24.3 Å². The van der Waals surface area contributed by atoms with E-state index in [1.165, 1.54) is 27.0 Å². The molecule has 1 rings (SSSR count). The van der Waals surface area contributed by atoms with Gasteiger partial charge in [-0.05, 0) is 6.92 Å². The quantitative estimate of drug-likeness (QED) is 0.335. The van der Waals surface area contributed by atoms with E-state index in [4.69, 9.17) is 9.47 Å². The Kier molecular flexibility index (Phi) is 4.70. The van der Waals surface area contributed by atoms with Gasteiger partial charge in [-0.15, -0.1) is 0 Å². The minimum atomic E-state index is -1.31. The van der Waals surface area contributed by atoms with Crippen LogP contribution in [0, 0.1) is 11.8 Å². The number of rotatable bonds is 4. The van der Waals surface area contributed by atoms with E-state index in [2.05, 4.69) is 11.3 Å². The van der Waals surface area contributed by atoms with Crippen molar-refractivity contribution in [2.24, 2.45) is 11.8 Å². The van der Waals surface area contributed by atoms with Gasteiger partial charge in [-0.25, -0.2) is 4.79 Å². The van der Waals surface area contributed by atoms with Crippen LogP contribution < -0.4 is 0 Å². The number of methoxy groups -OCH3 is 1. The molecule has 6 heteroatoms. The van der Waals surface area contributed by atoms with Crippen molar-refractivity contribution in [2.45, 2.75) is 26.6 Å². The minimum Gasteiger partial charge on any atom is -0.466 e. The van der Waals surface area contributed by atoms with Gasteiger partial charge in [0.05, 0.1) is 7.11 Å². The Balaban J connectivity index is 3.09. The highest BCUT2D eigenvalue weighted by atomic mass is 16.7. The molecule has 0 aromatic rings. The van der Waals surface area contributed by atoms with Crippen LogP contribution in [0.3, 0.4) is 0 Å². The van der Waals surface area contributed by atoms with Crippen molar-refractivity contribution in [1.29, 1.82) is 0 Å². The second-order valence-electron chi connectivity index (χ2n) is 4.79. The van der Waals surface area contributed by atoms with Crippen LogP contribution in [0.5, 0.6) is 0 Å². The molecule has 0 bridgehead atoms. The van der Waals surface area contributed by atoms with E-state index in [1.807, 2.05) is 0 Å². The molecule has 1 aliphatic heterocycles. The van der Waals surface area contributed by atoms with E-state index in [-0.39, 0.29) is 5.57 Å². The fraction of sp³-hybridized carbons (Fsp3) is 0.500. The van der Waals surface area contributed by atoms with Crippen LogP contribution in [0.25, 0.3) is 0 Å². The summed E-state index contributed by atoms with van der Waals surface area (Å²) >= 11 is 0. The SMILES string of the molecule is C=C(C(=O)OC)[C@H](/C=C/C)C1C(=O)OC(C)(C)OC1=O. The van der Waals surface area contributed by atoms with Crippen molar-refractivity contribution in [3.63, 3.8) is 0 Å². The molecule has 0 N–H and O–H groups in total. The molecule has 0 amide bonds. The van der Waals surface area contributed by atoms with E-state index in [9.17, 15) is 14.4 Å². The summed E-state index contributed by atoms with van der Waals surface area (Å²) < 4.78 is 14.6. The van der Waals surface area contributed by atoms with Crippen molar-refractivity contribution in [1.82, 2.24) is 0 Å². The first-order valence-electron chi connectivity index (χ1n) is 6.09. The lowest BCUT2D eigenvalue weighted by molar-refractivity contribution is -0.241. The highest BCUT2D eigenvalue weighted by molar-refractivity contribution is 6.00. The molecule has 0 saturated carbocycles. The predicted octanol–water partition coefficient (Wildman–Crippen LogP) is 1.36. The molecule has 0 spiro atoms. The zero-order valence-electron chi connectivity index (χ0n) is 12.0. The topological polar surface area (TPSA) is 78.9 Å². The number of hydrogen-bond donors (Lipinski definition) is 0. The third kappa shape index (κ3) is 3.26. The number of carbonyl (C=O) groups excluding carboxylic acids is 3. The molecule has 1 fully saturated rings. The first-order valence-corrected chi connectivity index (χ1v) is 6.09. The zero-order chi connectivity index (χ0) is 15.5. The third-order valence-corrected chi connectivity index (χ3v) is 2.81. The number of cyclic esters (lactones) is 2. The summed E-state index contributed by atoms with van der Waals surface area (Å²) in [6, 6.07) is 0. The van der Waals surface area contributed by atoms with Crippen LogP contribution in [-0.4, -0.2) is 30.8 Å². The molecule has 6 nitrogen and oxygen atoms in total. The fourth-order valence-corrected chi connectivity index (χ4v) is 1.92. The lowest BCUT2D eigenvalue weighted by Crippen LogP contribution is -2.49. The van der Waals surface area contributed by atoms with Gasteiger partial charge in [-0.2, -0.15) is 0 Å². The largest absolute Gasteiger partial charge is 0.466 e. The van der Waals surface area contributed by atoms with Crippen LogP contribution in [0.15, 0.2) is 24.3 Å². The highest BCUT2D eigenvalue weighted by Crippen LogP contribution is 2.32. The molecule has 1 saturated heterocycles. The lowest BCUT2D eigenvalue weighted by Gasteiger charge is -2.35. The molecular weight excluding hydrogens is 264 g/mol. The molecule has 0 unspecified atom stereocenters. The summed E-state index contributed by atoms with van der Waals surface area (Å²) in [5, 5.41) is 0. The van der Waals surface area contributed by atoms with Crippen LogP contribution >= 0.6 is 0 Å². The molecule has 1 aliphatic rings. The van der Waals surface area contributed by atoms with Gasteiger partial charge in [0.2, 0.25) is 0 Å². The van der Waals surface area contributed by atoms with E-state index >= 15 is 0 Å². The first kappa shape index (κ1) is 15.9. The number of esters is 3. The normalized spacial score (nSPS) is 20.2. The predicted molar refractivity (Wildman–Crippen MR) is 69.2 cm³/mol. The van der Waals surface area contributed by atoms with Gasteiger partial charge in [-0.3, -0.25) is 9.59 Å². The maximum Gasteiger partial charge on any atom is 0.333 e. The van der Waals surface area contributed by atoms with Crippen LogP contribution in [0.1, 0.15) is 20.8 Å². The summed E-state index contributed by atoms with van der Waals surface area (Å²) in [6.45, 7) is 8.19. The summed E-state index contributed by atoms with van der Waals surface area (Å²) in [4.78, 5) is 35.6. The Morgan fingerprint density at radius 1 is 1.35 bits per heavy atom. The summed E-state index contributed by atoms with van der Waals surface area (Å²) in [6.07, 6.45) is 3.13. The van der Waals surface area contributed by atoms with Crippen LogP contribution in [-0.2, 0) is 28.6 Å². The van der Waals surface area contributed by atoms with Crippen molar-refractivity contribution in [2.75, 3.05) is 7.11 Å². The van der Waals surface area contributed by atoms with E-state index < -0.39 is 35.5 Å². The van der Waals surface area contributed by atoms with Crippen molar-refractivity contribution < 1.29 is 28.6 Å². The maximum absolute atomic E-state index is 12.0. The molecule has 0 aliphatic carbocycles. The van der Waals surface area contributed by atoms with Crippen LogP contribution in [0.2, 0.25) is 0 Å². The second-order valence-corrected chi connectivity index (χ2v) is 4.79. The van der Waals surface area contributed by atoms with Gasteiger partial charge in [0, 0.05) is 25.3 Å². The fourth-order valence-electron chi connectivity index (χ4n) is 1.92. The van der Waals surface area contributed by atoms with E-state index in [0.29, 0.717) is 0 Å². The smallest absolute Gasteiger partial charge is 0.333 e. The average Bonchev–Trinajstić information content (AvgIpc) is 2.33. The molecule has 0 radical (unpaired) electrons. The molecule has 0 aromatic carbocycles. The lowest BCUT2D eigenvalue weighted by atomic mass is 9.85. The summed E-state index contributed by atoms with van der Waals surface area (Å²) in [5.74, 6) is -5.62. The molecule has 1 heterocycles. The number of ether oxygens (including phenoxy) is 3. The van der Waals surface area contributed by atoms with Gasteiger partial charge in [0.15, 0.2) is 5.92 Å². The molecule has 0 aromatic heterocycles. The maximum atomic E-state index is 12.0. The van der Waals surface area contributed by atoms with Crippen LogP contribution in [0.4, 0.5) is 0 Å². The standard InChI is InChI=1S/C14H18O6/c1-6-7-9(8(2)11(15)18-5)10-12(16)19-14(3,4)20-13(10)17/h6-7,9-10H,2H2,1,3-5H3/b7-6+/t9-/m0/s1. The molecular formula is C14H18O6. The van der Waals surface area contributed by atoms with Crippen molar-refractivity contribution in [3.8, 4) is 0 Å².